The van der Waals surface area contributed by atoms with Gasteiger partial charge >= 0.3 is 6.03 Å². The van der Waals surface area contributed by atoms with E-state index < -0.39 is 0 Å². The van der Waals surface area contributed by atoms with E-state index in [0.717, 1.165) is 25.9 Å². The van der Waals surface area contributed by atoms with Crippen LogP contribution < -0.4 is 5.32 Å². The molecule has 1 aliphatic rings. The second kappa shape index (κ2) is 7.48. The first-order chi connectivity index (χ1) is 7.34. The predicted molar refractivity (Wildman–Crippen MR) is 56.7 cm³/mol. The molecule has 88 valence electrons. The van der Waals surface area contributed by atoms with Gasteiger partial charge in [0, 0.05) is 19.6 Å². The van der Waals surface area contributed by atoms with Crippen LogP contribution >= 0.6 is 0 Å². The zero-order chi connectivity index (χ0) is 10.9. The summed E-state index contributed by atoms with van der Waals surface area (Å²) in [6.45, 7) is 3.06. The fourth-order valence-electron chi connectivity index (χ4n) is 1.61. The number of nitrogens with zero attached hydrogens (tertiary/aromatic N) is 1. The highest BCUT2D eigenvalue weighted by molar-refractivity contribution is 5.74. The van der Waals surface area contributed by atoms with Gasteiger partial charge in [0.25, 0.3) is 0 Å². The van der Waals surface area contributed by atoms with E-state index in [-0.39, 0.29) is 12.6 Å². The van der Waals surface area contributed by atoms with Gasteiger partial charge < -0.3 is 20.1 Å². The van der Waals surface area contributed by atoms with Crippen molar-refractivity contribution < 1.29 is 14.6 Å². The normalized spacial score (nSPS) is 16.5. The fourth-order valence-corrected chi connectivity index (χ4v) is 1.61. The Hall–Kier alpha value is -0.810. The zero-order valence-corrected chi connectivity index (χ0v) is 9.07. The Bertz CT molecular complexity index is 182. The third-order valence-corrected chi connectivity index (χ3v) is 2.40. The predicted octanol–water partition coefficient (Wildman–Crippen LogP) is 0.191. The minimum Gasteiger partial charge on any atom is -0.394 e. The summed E-state index contributed by atoms with van der Waals surface area (Å²) >= 11 is 0. The summed E-state index contributed by atoms with van der Waals surface area (Å²) in [6, 6.07) is 0.00213. The molecule has 0 aromatic heterocycles. The van der Waals surface area contributed by atoms with Gasteiger partial charge in [-0.15, -0.1) is 0 Å². The average Bonchev–Trinajstić information content (AvgIpc) is 2.30. The number of aliphatic hydroxyl groups excluding tert-OH is 1. The molecule has 0 unspecified atom stereocenters. The van der Waals surface area contributed by atoms with Crippen molar-refractivity contribution in [1.29, 1.82) is 0 Å². The van der Waals surface area contributed by atoms with Gasteiger partial charge in [-0.2, -0.15) is 0 Å². The number of carbonyl (C=O) groups excluding carboxylic acids is 1. The van der Waals surface area contributed by atoms with Crippen LogP contribution in [0.15, 0.2) is 0 Å². The molecular weight excluding hydrogens is 196 g/mol. The summed E-state index contributed by atoms with van der Waals surface area (Å²) in [7, 11) is 0. The lowest BCUT2D eigenvalue weighted by Gasteiger charge is -2.26. The number of piperidine rings is 1. The van der Waals surface area contributed by atoms with Gasteiger partial charge in [0.05, 0.1) is 19.8 Å². The van der Waals surface area contributed by atoms with Gasteiger partial charge in [-0.25, -0.2) is 4.79 Å². The molecule has 1 saturated heterocycles. The smallest absolute Gasteiger partial charge is 0.317 e. The van der Waals surface area contributed by atoms with Gasteiger partial charge in [-0.1, -0.05) is 0 Å². The van der Waals surface area contributed by atoms with Gasteiger partial charge in [0.1, 0.15) is 0 Å². The van der Waals surface area contributed by atoms with Crippen LogP contribution in [0.2, 0.25) is 0 Å². The van der Waals surface area contributed by atoms with Gasteiger partial charge in [0.15, 0.2) is 0 Å². The van der Waals surface area contributed by atoms with Crippen molar-refractivity contribution >= 4 is 6.03 Å². The molecule has 0 saturated carbocycles. The molecule has 2 N–H and O–H groups in total. The summed E-state index contributed by atoms with van der Waals surface area (Å²) < 4.78 is 5.04. The fraction of sp³-hybridized carbons (Fsp3) is 0.900. The van der Waals surface area contributed by atoms with E-state index in [2.05, 4.69) is 5.32 Å². The molecule has 5 heteroatoms. The van der Waals surface area contributed by atoms with Crippen molar-refractivity contribution in [2.24, 2.45) is 0 Å². The Morgan fingerprint density at radius 1 is 1.27 bits per heavy atom. The average molecular weight is 216 g/mol. The zero-order valence-electron chi connectivity index (χ0n) is 9.07. The molecule has 1 aliphatic heterocycles. The number of ether oxygens (including phenoxy) is 1. The van der Waals surface area contributed by atoms with Gasteiger partial charge in [-0.05, 0) is 19.3 Å². The maximum Gasteiger partial charge on any atom is 0.317 e. The SMILES string of the molecule is O=C(NCCOCCO)N1CCCCC1. The highest BCUT2D eigenvalue weighted by Crippen LogP contribution is 2.07. The third kappa shape index (κ3) is 4.99. The number of amides is 2. The number of hydrogen-bond donors (Lipinski definition) is 2. The number of aliphatic hydroxyl groups is 1. The van der Waals surface area contributed by atoms with Crippen LogP contribution in [0.25, 0.3) is 0 Å². The molecule has 0 bridgehead atoms. The lowest BCUT2D eigenvalue weighted by Crippen LogP contribution is -2.43. The monoisotopic (exact) mass is 216 g/mol. The van der Waals surface area contributed by atoms with E-state index in [0.29, 0.717) is 19.8 Å². The van der Waals surface area contributed by atoms with Crippen LogP contribution in [0.5, 0.6) is 0 Å². The van der Waals surface area contributed by atoms with Gasteiger partial charge in [-0.3, -0.25) is 0 Å². The maximum absolute atomic E-state index is 11.5. The Kier molecular flexibility index (Phi) is 6.11. The summed E-state index contributed by atoms with van der Waals surface area (Å²) in [5.41, 5.74) is 0. The number of likely N-dealkylation sites (tertiary alicyclic amines) is 1. The quantitative estimate of drug-likeness (QED) is 0.645. The summed E-state index contributed by atoms with van der Waals surface area (Å²) in [4.78, 5) is 13.4. The van der Waals surface area contributed by atoms with Gasteiger partial charge in [0.2, 0.25) is 0 Å². The van der Waals surface area contributed by atoms with E-state index in [9.17, 15) is 4.79 Å². The minimum absolute atomic E-state index is 0.00213. The number of carbonyl (C=O) groups is 1. The molecule has 0 aromatic rings. The molecule has 1 rings (SSSR count). The molecule has 1 heterocycles. The number of nitrogens with one attached hydrogen (secondary N) is 1. The Morgan fingerprint density at radius 3 is 2.67 bits per heavy atom. The second-order valence-electron chi connectivity index (χ2n) is 3.62. The Morgan fingerprint density at radius 2 is 2.00 bits per heavy atom. The van der Waals surface area contributed by atoms with Crippen molar-refractivity contribution in [2.75, 3.05) is 39.5 Å². The van der Waals surface area contributed by atoms with Crippen LogP contribution in [0.3, 0.4) is 0 Å². The first kappa shape index (κ1) is 12.3. The maximum atomic E-state index is 11.5. The standard InChI is InChI=1S/C10H20N2O3/c13-7-9-15-8-4-11-10(14)12-5-2-1-3-6-12/h13H,1-9H2,(H,11,14). The van der Waals surface area contributed by atoms with Crippen molar-refractivity contribution in [1.82, 2.24) is 10.2 Å². The Balaban J connectivity index is 2.02. The van der Waals surface area contributed by atoms with Crippen LogP contribution in [0.4, 0.5) is 4.79 Å². The lowest BCUT2D eigenvalue weighted by molar-refractivity contribution is 0.0934. The van der Waals surface area contributed by atoms with E-state index >= 15 is 0 Å². The van der Waals surface area contributed by atoms with Crippen molar-refractivity contribution in [3.05, 3.63) is 0 Å². The number of rotatable bonds is 5. The molecule has 0 radical (unpaired) electrons. The van der Waals surface area contributed by atoms with E-state index in [1.54, 1.807) is 0 Å². The number of urea groups is 1. The first-order valence-corrected chi connectivity index (χ1v) is 5.56. The molecule has 5 nitrogen and oxygen atoms in total. The van der Waals surface area contributed by atoms with Crippen molar-refractivity contribution in [3.63, 3.8) is 0 Å². The van der Waals surface area contributed by atoms with Crippen LogP contribution in [0, 0.1) is 0 Å². The molecule has 0 atom stereocenters. The lowest BCUT2D eigenvalue weighted by atomic mass is 10.1. The summed E-state index contributed by atoms with van der Waals surface area (Å²) in [6.07, 6.45) is 3.44. The van der Waals surface area contributed by atoms with E-state index in [4.69, 9.17) is 9.84 Å². The largest absolute Gasteiger partial charge is 0.394 e. The van der Waals surface area contributed by atoms with E-state index in [1.165, 1.54) is 6.42 Å². The van der Waals surface area contributed by atoms with Crippen molar-refractivity contribution in [2.45, 2.75) is 19.3 Å². The van der Waals surface area contributed by atoms with Crippen LogP contribution in [0.1, 0.15) is 19.3 Å². The highest BCUT2D eigenvalue weighted by atomic mass is 16.5. The minimum atomic E-state index is 0.00213. The van der Waals surface area contributed by atoms with Crippen LogP contribution in [-0.2, 0) is 4.74 Å². The molecular formula is C10H20N2O3. The number of hydrogen-bond acceptors (Lipinski definition) is 3. The Labute approximate surface area is 90.4 Å². The summed E-state index contributed by atoms with van der Waals surface area (Å²) in [5.74, 6) is 0. The molecule has 1 fully saturated rings. The van der Waals surface area contributed by atoms with E-state index in [1.807, 2.05) is 4.90 Å². The topological polar surface area (TPSA) is 61.8 Å². The molecule has 0 aliphatic carbocycles. The second-order valence-corrected chi connectivity index (χ2v) is 3.62. The van der Waals surface area contributed by atoms with Crippen LogP contribution in [-0.4, -0.2) is 55.5 Å². The third-order valence-electron chi connectivity index (χ3n) is 2.40. The molecule has 2 amide bonds. The van der Waals surface area contributed by atoms with Crippen molar-refractivity contribution in [3.8, 4) is 0 Å². The molecule has 0 spiro atoms. The highest BCUT2D eigenvalue weighted by Gasteiger charge is 2.15. The molecule has 0 aromatic carbocycles. The first-order valence-electron chi connectivity index (χ1n) is 5.56. The summed E-state index contributed by atoms with van der Waals surface area (Å²) in [5, 5.41) is 11.2. The molecule has 15 heavy (non-hydrogen) atoms.